The van der Waals surface area contributed by atoms with E-state index in [1.807, 2.05) is 0 Å². The van der Waals surface area contributed by atoms with Crippen LogP contribution in [0.4, 0.5) is 0 Å². The molecule has 90 valence electrons. The second kappa shape index (κ2) is 3.96. The van der Waals surface area contributed by atoms with Crippen LogP contribution in [0.1, 0.15) is 40.6 Å². The molecule has 1 nitrogen and oxygen atoms in total. The fourth-order valence-corrected chi connectivity index (χ4v) is 3.62. The van der Waals surface area contributed by atoms with E-state index in [0.29, 0.717) is 12.0 Å². The van der Waals surface area contributed by atoms with Crippen LogP contribution >= 0.6 is 0 Å². The third-order valence-electron chi connectivity index (χ3n) is 4.48. The van der Waals surface area contributed by atoms with Crippen molar-refractivity contribution in [2.24, 2.45) is 0 Å². The van der Waals surface area contributed by atoms with Gasteiger partial charge in [0.1, 0.15) is 0 Å². The van der Waals surface area contributed by atoms with Gasteiger partial charge in [-0.15, -0.1) is 0 Å². The van der Waals surface area contributed by atoms with Gasteiger partial charge in [0.2, 0.25) is 0 Å². The molecule has 4 rings (SSSR count). The van der Waals surface area contributed by atoms with Crippen molar-refractivity contribution >= 4 is 0 Å². The molecule has 1 N–H and O–H groups in total. The first-order valence-corrected chi connectivity index (χ1v) is 6.82. The molecule has 0 amide bonds. The molecule has 1 heterocycles. The fraction of sp³-hybridized carbons (Fsp3) is 0.294. The molecule has 1 heteroatoms. The summed E-state index contributed by atoms with van der Waals surface area (Å²) in [6, 6.07) is 18.3. The van der Waals surface area contributed by atoms with E-state index in [-0.39, 0.29) is 0 Å². The normalized spacial score (nSPS) is 24.9. The van der Waals surface area contributed by atoms with Gasteiger partial charge in [-0.2, -0.15) is 0 Å². The highest BCUT2D eigenvalue weighted by molar-refractivity contribution is 5.42. The molecule has 1 aliphatic heterocycles. The average Bonchev–Trinajstić information content (AvgIpc) is 3.01. The minimum atomic E-state index is 0.518. The van der Waals surface area contributed by atoms with Crippen molar-refractivity contribution in [1.82, 2.24) is 5.32 Å². The van der Waals surface area contributed by atoms with Crippen molar-refractivity contribution in [2.45, 2.75) is 31.3 Å². The van der Waals surface area contributed by atoms with Gasteiger partial charge in [0.25, 0.3) is 0 Å². The summed E-state index contributed by atoms with van der Waals surface area (Å²) in [6.07, 6.45) is 2.52. The molecule has 0 saturated carbocycles. The monoisotopic (exact) mass is 235 g/mol. The summed E-state index contributed by atoms with van der Waals surface area (Å²) in [4.78, 5) is 0. The lowest BCUT2D eigenvalue weighted by atomic mass is 9.89. The van der Waals surface area contributed by atoms with Crippen LogP contribution in [0.5, 0.6) is 0 Å². The number of aryl methyl sites for hydroxylation is 1. The van der Waals surface area contributed by atoms with Crippen molar-refractivity contribution in [3.63, 3.8) is 0 Å². The number of hydrogen-bond donors (Lipinski definition) is 1. The predicted molar refractivity (Wildman–Crippen MR) is 73.5 cm³/mol. The summed E-state index contributed by atoms with van der Waals surface area (Å²) < 4.78 is 0. The van der Waals surface area contributed by atoms with Crippen LogP contribution in [0, 0.1) is 0 Å². The largest absolute Gasteiger partial charge is 0.305 e. The van der Waals surface area contributed by atoms with E-state index in [0.717, 1.165) is 6.54 Å². The number of fused-ring (bicyclic) bond motifs is 2. The lowest BCUT2D eigenvalue weighted by Crippen LogP contribution is -2.18. The SMILES string of the molecule is c1ccc2c(c1)CCC2C1NCc2ccccc21. The Hall–Kier alpha value is -1.60. The maximum absolute atomic E-state index is 3.70. The van der Waals surface area contributed by atoms with Gasteiger partial charge in [-0.3, -0.25) is 0 Å². The molecule has 0 radical (unpaired) electrons. The van der Waals surface area contributed by atoms with E-state index in [4.69, 9.17) is 0 Å². The first-order chi connectivity index (χ1) is 8.93. The summed E-state index contributed by atoms with van der Waals surface area (Å²) in [5.41, 5.74) is 6.10. The van der Waals surface area contributed by atoms with E-state index in [1.54, 1.807) is 11.1 Å². The van der Waals surface area contributed by atoms with Crippen LogP contribution in [0.15, 0.2) is 48.5 Å². The maximum atomic E-state index is 3.70. The maximum Gasteiger partial charge on any atom is 0.0395 e. The van der Waals surface area contributed by atoms with E-state index >= 15 is 0 Å². The van der Waals surface area contributed by atoms with Gasteiger partial charge < -0.3 is 5.32 Å². The highest BCUT2D eigenvalue weighted by Gasteiger charge is 2.33. The van der Waals surface area contributed by atoms with Crippen molar-refractivity contribution in [1.29, 1.82) is 0 Å². The molecule has 0 fully saturated rings. The Kier molecular flexibility index (Phi) is 2.27. The van der Waals surface area contributed by atoms with Gasteiger partial charge in [-0.25, -0.2) is 0 Å². The Bertz CT molecular complexity index is 534. The van der Waals surface area contributed by atoms with Gasteiger partial charge in [-0.05, 0) is 35.1 Å². The van der Waals surface area contributed by atoms with Crippen LogP contribution in [-0.4, -0.2) is 0 Å². The predicted octanol–water partition coefficient (Wildman–Crippen LogP) is 3.56. The molecule has 0 bridgehead atoms. The molecule has 0 saturated heterocycles. The molecule has 2 atom stereocenters. The zero-order valence-electron chi connectivity index (χ0n) is 10.4. The summed E-state index contributed by atoms with van der Waals surface area (Å²) in [5, 5.41) is 3.70. The first kappa shape index (κ1) is 10.3. The summed E-state index contributed by atoms with van der Waals surface area (Å²) >= 11 is 0. The van der Waals surface area contributed by atoms with E-state index in [9.17, 15) is 0 Å². The number of hydrogen-bond acceptors (Lipinski definition) is 1. The Morgan fingerprint density at radius 1 is 0.833 bits per heavy atom. The highest BCUT2D eigenvalue weighted by atomic mass is 14.9. The van der Waals surface area contributed by atoms with Crippen molar-refractivity contribution < 1.29 is 0 Å². The van der Waals surface area contributed by atoms with Gasteiger partial charge in [0, 0.05) is 18.5 Å². The Morgan fingerprint density at radius 2 is 1.56 bits per heavy atom. The van der Waals surface area contributed by atoms with Crippen LogP contribution in [0.2, 0.25) is 0 Å². The zero-order chi connectivity index (χ0) is 11.9. The molecule has 0 spiro atoms. The molecule has 1 aliphatic carbocycles. The first-order valence-electron chi connectivity index (χ1n) is 6.82. The smallest absolute Gasteiger partial charge is 0.0395 e. The van der Waals surface area contributed by atoms with Crippen molar-refractivity contribution in [2.75, 3.05) is 0 Å². The Balaban J connectivity index is 1.75. The third-order valence-corrected chi connectivity index (χ3v) is 4.48. The Labute approximate surface area is 108 Å². The van der Waals surface area contributed by atoms with E-state index < -0.39 is 0 Å². The van der Waals surface area contributed by atoms with Crippen molar-refractivity contribution in [3.05, 3.63) is 70.8 Å². The number of rotatable bonds is 1. The van der Waals surface area contributed by atoms with Gasteiger partial charge in [0.15, 0.2) is 0 Å². The van der Waals surface area contributed by atoms with Crippen molar-refractivity contribution in [3.8, 4) is 0 Å². The summed E-state index contributed by atoms with van der Waals surface area (Å²) in [7, 11) is 0. The quantitative estimate of drug-likeness (QED) is 0.797. The molecule has 2 aromatic carbocycles. The fourth-order valence-electron chi connectivity index (χ4n) is 3.62. The lowest BCUT2D eigenvalue weighted by molar-refractivity contribution is 0.474. The number of benzene rings is 2. The molecule has 2 aliphatic rings. The number of nitrogens with one attached hydrogen (secondary N) is 1. The molecular weight excluding hydrogens is 218 g/mol. The minimum absolute atomic E-state index is 0.518. The summed E-state index contributed by atoms with van der Waals surface area (Å²) in [5.74, 6) is 0.657. The molecule has 2 aromatic rings. The van der Waals surface area contributed by atoms with Crippen LogP contribution in [0.25, 0.3) is 0 Å². The zero-order valence-corrected chi connectivity index (χ0v) is 10.4. The van der Waals surface area contributed by atoms with Gasteiger partial charge in [-0.1, -0.05) is 48.5 Å². The average molecular weight is 235 g/mol. The third kappa shape index (κ3) is 1.44. The van der Waals surface area contributed by atoms with Crippen LogP contribution in [0.3, 0.4) is 0 Å². The van der Waals surface area contributed by atoms with Gasteiger partial charge >= 0.3 is 0 Å². The van der Waals surface area contributed by atoms with Crippen LogP contribution in [-0.2, 0) is 13.0 Å². The molecule has 2 unspecified atom stereocenters. The molecular formula is C17H17N. The second-order valence-electron chi connectivity index (χ2n) is 5.40. The summed E-state index contributed by atoms with van der Waals surface area (Å²) in [6.45, 7) is 1.03. The highest BCUT2D eigenvalue weighted by Crippen LogP contribution is 2.44. The lowest BCUT2D eigenvalue weighted by Gasteiger charge is -2.21. The van der Waals surface area contributed by atoms with Crippen LogP contribution < -0.4 is 5.32 Å². The second-order valence-corrected chi connectivity index (χ2v) is 5.40. The van der Waals surface area contributed by atoms with Gasteiger partial charge in [0.05, 0.1) is 0 Å². The minimum Gasteiger partial charge on any atom is -0.305 e. The molecule has 18 heavy (non-hydrogen) atoms. The standard InChI is InChI=1S/C17H17N/c1-3-7-14-12(5-1)9-10-16(14)17-15-8-4-2-6-13(15)11-18-17/h1-8,16-18H,9-11H2. The van der Waals surface area contributed by atoms with E-state index in [1.165, 1.54) is 24.0 Å². The Morgan fingerprint density at radius 3 is 2.44 bits per heavy atom. The topological polar surface area (TPSA) is 12.0 Å². The van der Waals surface area contributed by atoms with E-state index in [2.05, 4.69) is 53.8 Å². The molecule has 0 aromatic heterocycles.